The maximum Gasteiger partial charge on any atom is 0.317 e. The summed E-state index contributed by atoms with van der Waals surface area (Å²) in [6, 6.07) is 9.69. The Morgan fingerprint density at radius 3 is 2.64 bits per heavy atom. The number of urea groups is 1. The van der Waals surface area contributed by atoms with Crippen molar-refractivity contribution in [2.45, 2.75) is 13.0 Å². The van der Waals surface area contributed by atoms with Gasteiger partial charge in [-0.25, -0.2) is 4.79 Å². The smallest absolute Gasteiger partial charge is 0.317 e. The summed E-state index contributed by atoms with van der Waals surface area (Å²) in [5.74, 6) is 0.694. The Hall–Kier alpha value is -2.68. The summed E-state index contributed by atoms with van der Waals surface area (Å²) in [5.41, 5.74) is 0.913. The first-order valence-corrected chi connectivity index (χ1v) is 8.32. The summed E-state index contributed by atoms with van der Waals surface area (Å²) in [5, 5.41) is 15.0. The van der Waals surface area contributed by atoms with Gasteiger partial charge in [-0.2, -0.15) is 4.68 Å². The number of piperazine rings is 1. The predicted molar refractivity (Wildman–Crippen MR) is 92.8 cm³/mol. The highest BCUT2D eigenvalue weighted by atomic mass is 16.5. The molecule has 0 spiro atoms. The lowest BCUT2D eigenvalue weighted by atomic mass is 10.3. The van der Waals surface area contributed by atoms with E-state index in [0.29, 0.717) is 38.7 Å². The zero-order valence-corrected chi connectivity index (χ0v) is 14.5. The molecule has 9 heteroatoms. The minimum absolute atomic E-state index is 0.0130. The van der Waals surface area contributed by atoms with Gasteiger partial charge in [0.15, 0.2) is 0 Å². The van der Waals surface area contributed by atoms with E-state index >= 15 is 0 Å². The fourth-order valence-corrected chi connectivity index (χ4v) is 2.82. The van der Waals surface area contributed by atoms with Crippen LogP contribution in [0.5, 0.6) is 0 Å². The van der Waals surface area contributed by atoms with Crippen LogP contribution in [0.4, 0.5) is 10.7 Å². The molecule has 3 rings (SSSR count). The van der Waals surface area contributed by atoms with Gasteiger partial charge >= 0.3 is 6.03 Å². The highest BCUT2D eigenvalue weighted by Crippen LogP contribution is 2.17. The minimum atomic E-state index is -0.0631. The Labute approximate surface area is 146 Å². The van der Waals surface area contributed by atoms with Gasteiger partial charge < -0.3 is 19.9 Å². The number of hydrogen-bond acceptors (Lipinski definition) is 6. The first kappa shape index (κ1) is 17.2. The molecule has 1 fully saturated rings. The van der Waals surface area contributed by atoms with Crippen molar-refractivity contribution in [3.05, 3.63) is 30.3 Å². The van der Waals surface area contributed by atoms with Crippen LogP contribution in [0.15, 0.2) is 30.3 Å². The molecule has 2 amide bonds. The Bertz CT molecular complexity index is 683. The van der Waals surface area contributed by atoms with Gasteiger partial charge in [-0.05, 0) is 29.5 Å². The molecule has 0 radical (unpaired) electrons. The van der Waals surface area contributed by atoms with Crippen molar-refractivity contribution in [3.8, 4) is 5.69 Å². The molecule has 0 saturated carbocycles. The molecule has 1 atom stereocenters. The molecule has 2 aromatic rings. The topological polar surface area (TPSA) is 88.4 Å². The Kier molecular flexibility index (Phi) is 5.44. The fourth-order valence-electron chi connectivity index (χ4n) is 2.82. The van der Waals surface area contributed by atoms with E-state index in [-0.39, 0.29) is 12.1 Å². The number of para-hydroxylation sites is 1. The van der Waals surface area contributed by atoms with Crippen molar-refractivity contribution in [1.29, 1.82) is 0 Å². The quantitative estimate of drug-likeness (QED) is 0.850. The van der Waals surface area contributed by atoms with Gasteiger partial charge in [0.1, 0.15) is 0 Å². The number of ether oxygens (including phenoxy) is 1. The molecule has 9 nitrogen and oxygen atoms in total. The van der Waals surface area contributed by atoms with Crippen LogP contribution < -0.4 is 10.2 Å². The van der Waals surface area contributed by atoms with E-state index in [2.05, 4.69) is 25.7 Å². The number of amides is 2. The lowest BCUT2D eigenvalue weighted by Crippen LogP contribution is -2.54. The number of tetrazole rings is 1. The van der Waals surface area contributed by atoms with Crippen LogP contribution >= 0.6 is 0 Å². The SMILES string of the molecule is COC[C@H](C)NC(=O)N1CCN(c2nnnn2-c2ccccc2)CC1. The molecule has 1 aliphatic rings. The van der Waals surface area contributed by atoms with Crippen LogP contribution in [0.25, 0.3) is 5.69 Å². The van der Waals surface area contributed by atoms with E-state index in [9.17, 15) is 4.79 Å². The standard InChI is InChI=1S/C16H23N7O2/c1-13(12-25-2)17-16(24)22-10-8-21(9-11-22)15-18-19-20-23(15)14-6-4-3-5-7-14/h3-7,13H,8-12H2,1-2H3,(H,17,24)/t13-/m0/s1. The first-order valence-electron chi connectivity index (χ1n) is 8.32. The van der Waals surface area contributed by atoms with Gasteiger partial charge in [0.25, 0.3) is 0 Å². The second-order valence-electron chi connectivity index (χ2n) is 6.01. The summed E-state index contributed by atoms with van der Waals surface area (Å²) >= 11 is 0. The number of anilines is 1. The number of methoxy groups -OCH3 is 1. The normalized spacial score (nSPS) is 15.9. The van der Waals surface area contributed by atoms with Gasteiger partial charge in [0.2, 0.25) is 5.95 Å². The lowest BCUT2D eigenvalue weighted by Gasteiger charge is -2.35. The van der Waals surface area contributed by atoms with Gasteiger partial charge in [0.05, 0.1) is 18.3 Å². The number of carbonyl (C=O) groups is 1. The zero-order chi connectivity index (χ0) is 17.6. The van der Waals surface area contributed by atoms with Crippen molar-refractivity contribution in [1.82, 2.24) is 30.4 Å². The average Bonchev–Trinajstić information content (AvgIpc) is 3.12. The summed E-state index contributed by atoms with van der Waals surface area (Å²) < 4.78 is 6.77. The van der Waals surface area contributed by atoms with E-state index < -0.39 is 0 Å². The minimum Gasteiger partial charge on any atom is -0.383 e. The number of benzene rings is 1. The van der Waals surface area contributed by atoms with Crippen molar-refractivity contribution in [3.63, 3.8) is 0 Å². The maximum absolute atomic E-state index is 12.3. The van der Waals surface area contributed by atoms with Crippen LogP contribution in [0.1, 0.15) is 6.92 Å². The van der Waals surface area contributed by atoms with Crippen molar-refractivity contribution in [2.75, 3.05) is 44.8 Å². The molecule has 2 heterocycles. The highest BCUT2D eigenvalue weighted by molar-refractivity contribution is 5.74. The van der Waals surface area contributed by atoms with E-state index in [1.165, 1.54) is 0 Å². The zero-order valence-electron chi connectivity index (χ0n) is 14.5. The third kappa shape index (κ3) is 4.05. The molecular formula is C16H23N7O2. The largest absolute Gasteiger partial charge is 0.383 e. The number of aromatic nitrogens is 4. The average molecular weight is 345 g/mol. The second-order valence-corrected chi connectivity index (χ2v) is 6.01. The van der Waals surface area contributed by atoms with Crippen LogP contribution in [-0.4, -0.2) is 77.1 Å². The lowest BCUT2D eigenvalue weighted by molar-refractivity contribution is 0.158. The summed E-state index contributed by atoms with van der Waals surface area (Å²) in [6.45, 7) is 5.02. The van der Waals surface area contributed by atoms with E-state index in [4.69, 9.17) is 4.74 Å². The molecule has 134 valence electrons. The molecular weight excluding hydrogens is 322 g/mol. The highest BCUT2D eigenvalue weighted by Gasteiger charge is 2.25. The Morgan fingerprint density at radius 2 is 1.96 bits per heavy atom. The summed E-state index contributed by atoms with van der Waals surface area (Å²) in [6.07, 6.45) is 0. The molecule has 1 N–H and O–H groups in total. The molecule has 1 aromatic carbocycles. The van der Waals surface area contributed by atoms with Crippen molar-refractivity contribution in [2.24, 2.45) is 0 Å². The summed E-state index contributed by atoms with van der Waals surface area (Å²) in [7, 11) is 1.62. The maximum atomic E-state index is 12.3. The van der Waals surface area contributed by atoms with Gasteiger partial charge in [-0.1, -0.05) is 23.3 Å². The third-order valence-electron chi connectivity index (χ3n) is 4.09. The van der Waals surface area contributed by atoms with Crippen molar-refractivity contribution >= 4 is 12.0 Å². The number of rotatable bonds is 5. The molecule has 0 unspecified atom stereocenters. The number of hydrogen-bond donors (Lipinski definition) is 1. The molecule has 25 heavy (non-hydrogen) atoms. The van der Waals surface area contributed by atoms with E-state index in [1.54, 1.807) is 16.7 Å². The monoisotopic (exact) mass is 345 g/mol. The van der Waals surface area contributed by atoms with Crippen LogP contribution in [0.3, 0.4) is 0 Å². The Morgan fingerprint density at radius 1 is 1.24 bits per heavy atom. The van der Waals surface area contributed by atoms with Crippen molar-refractivity contribution < 1.29 is 9.53 Å². The predicted octanol–water partition coefficient (Wildman–Crippen LogP) is 0.529. The Balaban J connectivity index is 1.60. The van der Waals surface area contributed by atoms with E-state index in [0.717, 1.165) is 5.69 Å². The third-order valence-corrected chi connectivity index (χ3v) is 4.09. The van der Waals surface area contributed by atoms with Gasteiger partial charge in [-0.15, -0.1) is 0 Å². The molecule has 0 bridgehead atoms. The number of carbonyl (C=O) groups excluding carboxylic acids is 1. The molecule has 1 saturated heterocycles. The number of nitrogens with zero attached hydrogens (tertiary/aromatic N) is 6. The molecule has 1 aliphatic heterocycles. The van der Waals surface area contributed by atoms with Gasteiger partial charge in [0, 0.05) is 33.3 Å². The summed E-state index contributed by atoms with van der Waals surface area (Å²) in [4.78, 5) is 16.2. The van der Waals surface area contributed by atoms with Crippen LogP contribution in [0, 0.1) is 0 Å². The fraction of sp³-hybridized carbons (Fsp3) is 0.500. The van der Waals surface area contributed by atoms with Gasteiger partial charge in [-0.3, -0.25) is 0 Å². The van der Waals surface area contributed by atoms with E-state index in [1.807, 2.05) is 37.3 Å². The van der Waals surface area contributed by atoms with Crippen LogP contribution in [-0.2, 0) is 4.74 Å². The molecule has 0 aliphatic carbocycles. The second kappa shape index (κ2) is 7.93. The first-order chi connectivity index (χ1) is 12.2. The van der Waals surface area contributed by atoms with Crippen LogP contribution in [0.2, 0.25) is 0 Å². The number of nitrogens with one attached hydrogen (secondary N) is 1. The molecule has 1 aromatic heterocycles.